The number of primary amides is 1. The molecular formula is C20H25N3O2. The molecule has 2 aromatic rings. The van der Waals surface area contributed by atoms with Gasteiger partial charge in [-0.25, -0.2) is 0 Å². The van der Waals surface area contributed by atoms with Gasteiger partial charge in [0.25, 0.3) is 0 Å². The van der Waals surface area contributed by atoms with E-state index in [0.29, 0.717) is 6.54 Å². The average Bonchev–Trinajstić information content (AvgIpc) is 2.65. The van der Waals surface area contributed by atoms with Crippen molar-refractivity contribution in [2.75, 3.05) is 32.7 Å². The van der Waals surface area contributed by atoms with Crippen molar-refractivity contribution < 1.29 is 9.90 Å². The summed E-state index contributed by atoms with van der Waals surface area (Å²) in [7, 11) is 0. The minimum atomic E-state index is -0.492. The highest BCUT2D eigenvalue weighted by atomic mass is 16.3. The zero-order valence-electron chi connectivity index (χ0n) is 14.3. The quantitative estimate of drug-likeness (QED) is 0.838. The fourth-order valence-corrected chi connectivity index (χ4v) is 3.42. The SMILES string of the molecule is NC(=O)[C@H](c1ccccc1)N1CCN(C[C@@H](O)c2ccccc2)CC1. The van der Waals surface area contributed by atoms with Crippen molar-refractivity contribution in [2.24, 2.45) is 5.73 Å². The maximum Gasteiger partial charge on any atom is 0.239 e. The van der Waals surface area contributed by atoms with Crippen LogP contribution in [0.3, 0.4) is 0 Å². The van der Waals surface area contributed by atoms with Crippen LogP contribution in [0.2, 0.25) is 0 Å². The van der Waals surface area contributed by atoms with E-state index in [1.165, 1.54) is 0 Å². The molecule has 25 heavy (non-hydrogen) atoms. The molecule has 5 heteroatoms. The van der Waals surface area contributed by atoms with Crippen molar-refractivity contribution in [3.05, 3.63) is 71.8 Å². The average molecular weight is 339 g/mol. The lowest BCUT2D eigenvalue weighted by Crippen LogP contribution is -2.51. The van der Waals surface area contributed by atoms with Crippen LogP contribution in [0.25, 0.3) is 0 Å². The number of carbonyl (C=O) groups excluding carboxylic acids is 1. The van der Waals surface area contributed by atoms with Gasteiger partial charge in [0.2, 0.25) is 5.91 Å². The second kappa shape index (κ2) is 8.25. The number of hydrogen-bond acceptors (Lipinski definition) is 4. The molecule has 0 spiro atoms. The first-order valence-electron chi connectivity index (χ1n) is 8.69. The highest BCUT2D eigenvalue weighted by Gasteiger charge is 2.29. The molecular weight excluding hydrogens is 314 g/mol. The number of amides is 1. The molecule has 0 saturated carbocycles. The van der Waals surface area contributed by atoms with Crippen molar-refractivity contribution in [1.82, 2.24) is 9.80 Å². The van der Waals surface area contributed by atoms with Crippen LogP contribution in [0.15, 0.2) is 60.7 Å². The summed E-state index contributed by atoms with van der Waals surface area (Å²) in [6.45, 7) is 3.72. The van der Waals surface area contributed by atoms with E-state index in [1.807, 2.05) is 60.7 Å². The van der Waals surface area contributed by atoms with E-state index in [1.54, 1.807) is 0 Å². The monoisotopic (exact) mass is 339 g/mol. The first-order chi connectivity index (χ1) is 12.1. The van der Waals surface area contributed by atoms with Gasteiger partial charge < -0.3 is 10.8 Å². The van der Waals surface area contributed by atoms with E-state index in [4.69, 9.17) is 5.73 Å². The number of piperazine rings is 1. The summed E-state index contributed by atoms with van der Waals surface area (Å²) in [4.78, 5) is 16.3. The molecule has 5 nitrogen and oxygen atoms in total. The fraction of sp³-hybridized carbons (Fsp3) is 0.350. The summed E-state index contributed by atoms with van der Waals surface area (Å²) in [6, 6.07) is 19.0. The third kappa shape index (κ3) is 4.45. The van der Waals surface area contributed by atoms with E-state index in [2.05, 4.69) is 9.80 Å². The second-order valence-electron chi connectivity index (χ2n) is 6.48. The Morgan fingerprint density at radius 2 is 1.44 bits per heavy atom. The standard InChI is InChI=1S/C20H25N3O2/c21-20(25)19(17-9-5-2-6-10-17)23-13-11-22(12-14-23)15-18(24)16-7-3-1-4-8-16/h1-10,18-19,24H,11-15H2,(H2,21,25)/t18-,19+/m1/s1. The van der Waals surface area contributed by atoms with E-state index in [0.717, 1.165) is 37.3 Å². The lowest BCUT2D eigenvalue weighted by atomic mass is 10.0. The van der Waals surface area contributed by atoms with E-state index >= 15 is 0 Å². The van der Waals surface area contributed by atoms with Crippen LogP contribution in [0, 0.1) is 0 Å². The maximum atomic E-state index is 12.0. The lowest BCUT2D eigenvalue weighted by molar-refractivity contribution is -0.124. The van der Waals surface area contributed by atoms with Crippen molar-refractivity contribution in [3.63, 3.8) is 0 Å². The largest absolute Gasteiger partial charge is 0.387 e. The molecule has 2 aromatic carbocycles. The summed E-state index contributed by atoms with van der Waals surface area (Å²) < 4.78 is 0. The summed E-state index contributed by atoms with van der Waals surface area (Å²) in [5.74, 6) is -0.316. The van der Waals surface area contributed by atoms with E-state index in [-0.39, 0.29) is 11.9 Å². The van der Waals surface area contributed by atoms with Gasteiger partial charge in [0, 0.05) is 32.7 Å². The van der Waals surface area contributed by atoms with Crippen molar-refractivity contribution in [3.8, 4) is 0 Å². The molecule has 1 fully saturated rings. The molecule has 1 heterocycles. The first-order valence-corrected chi connectivity index (χ1v) is 8.69. The maximum absolute atomic E-state index is 12.0. The molecule has 2 atom stereocenters. The molecule has 0 aliphatic carbocycles. The van der Waals surface area contributed by atoms with Crippen LogP contribution in [0.5, 0.6) is 0 Å². The fourth-order valence-electron chi connectivity index (χ4n) is 3.42. The molecule has 0 radical (unpaired) electrons. The predicted molar refractivity (Wildman–Crippen MR) is 97.8 cm³/mol. The molecule has 1 aliphatic rings. The minimum Gasteiger partial charge on any atom is -0.387 e. The number of rotatable bonds is 6. The van der Waals surface area contributed by atoms with Gasteiger partial charge >= 0.3 is 0 Å². The normalized spacial score (nSPS) is 18.6. The Balaban J connectivity index is 1.58. The van der Waals surface area contributed by atoms with Gasteiger partial charge in [-0.05, 0) is 11.1 Å². The minimum absolute atomic E-state index is 0.316. The van der Waals surface area contributed by atoms with E-state index in [9.17, 15) is 9.90 Å². The Morgan fingerprint density at radius 3 is 1.96 bits per heavy atom. The molecule has 1 saturated heterocycles. The van der Waals surface area contributed by atoms with Gasteiger partial charge in [0.15, 0.2) is 0 Å². The van der Waals surface area contributed by atoms with Crippen LogP contribution in [-0.2, 0) is 4.79 Å². The number of aliphatic hydroxyl groups excluding tert-OH is 1. The summed E-state index contributed by atoms with van der Waals surface area (Å²) >= 11 is 0. The van der Waals surface area contributed by atoms with Crippen LogP contribution >= 0.6 is 0 Å². The molecule has 0 aromatic heterocycles. The molecule has 132 valence electrons. The van der Waals surface area contributed by atoms with Crippen LogP contribution in [0.1, 0.15) is 23.3 Å². The third-order valence-electron chi connectivity index (χ3n) is 4.77. The van der Waals surface area contributed by atoms with Gasteiger partial charge in [0.1, 0.15) is 6.04 Å². The highest BCUT2D eigenvalue weighted by Crippen LogP contribution is 2.23. The topological polar surface area (TPSA) is 69.8 Å². The number of aliphatic hydroxyl groups is 1. The number of hydrogen-bond donors (Lipinski definition) is 2. The molecule has 1 aliphatic heterocycles. The van der Waals surface area contributed by atoms with Crippen molar-refractivity contribution >= 4 is 5.91 Å². The zero-order valence-corrected chi connectivity index (χ0v) is 14.3. The summed E-state index contributed by atoms with van der Waals surface area (Å²) in [6.07, 6.45) is -0.492. The Hall–Kier alpha value is -2.21. The lowest BCUT2D eigenvalue weighted by Gasteiger charge is -2.38. The Morgan fingerprint density at radius 1 is 0.920 bits per heavy atom. The second-order valence-corrected chi connectivity index (χ2v) is 6.48. The first kappa shape index (κ1) is 17.6. The van der Waals surface area contributed by atoms with Gasteiger partial charge in [-0.1, -0.05) is 60.7 Å². The molecule has 1 amide bonds. The predicted octanol–water partition coefficient (Wildman–Crippen LogP) is 1.56. The highest BCUT2D eigenvalue weighted by molar-refractivity contribution is 5.81. The van der Waals surface area contributed by atoms with Gasteiger partial charge in [0.05, 0.1) is 6.10 Å². The van der Waals surface area contributed by atoms with Crippen molar-refractivity contribution in [2.45, 2.75) is 12.1 Å². The van der Waals surface area contributed by atoms with Crippen molar-refractivity contribution in [1.29, 1.82) is 0 Å². The van der Waals surface area contributed by atoms with Crippen LogP contribution in [0.4, 0.5) is 0 Å². The van der Waals surface area contributed by atoms with Crippen LogP contribution in [-0.4, -0.2) is 53.5 Å². The number of nitrogens with two attached hydrogens (primary N) is 1. The number of carbonyl (C=O) groups is 1. The Kier molecular flexibility index (Phi) is 5.81. The summed E-state index contributed by atoms with van der Waals surface area (Å²) in [5.41, 5.74) is 7.53. The number of β-amino-alcohol motifs (C(OH)–C–C–N with tert-alkyl or cyclic N) is 1. The van der Waals surface area contributed by atoms with E-state index < -0.39 is 6.10 Å². The molecule has 0 unspecified atom stereocenters. The molecule has 3 rings (SSSR count). The molecule has 0 bridgehead atoms. The van der Waals surface area contributed by atoms with Gasteiger partial charge in [-0.2, -0.15) is 0 Å². The van der Waals surface area contributed by atoms with Crippen LogP contribution < -0.4 is 5.73 Å². The summed E-state index contributed by atoms with van der Waals surface area (Å²) in [5, 5.41) is 10.4. The zero-order chi connectivity index (χ0) is 17.6. The van der Waals surface area contributed by atoms with Gasteiger partial charge in [-0.15, -0.1) is 0 Å². The smallest absolute Gasteiger partial charge is 0.239 e. The Bertz CT molecular complexity index is 670. The third-order valence-corrected chi connectivity index (χ3v) is 4.77. The Labute approximate surface area is 148 Å². The van der Waals surface area contributed by atoms with Gasteiger partial charge in [-0.3, -0.25) is 14.6 Å². The number of benzene rings is 2. The molecule has 3 N–H and O–H groups in total. The number of nitrogens with zero attached hydrogens (tertiary/aromatic N) is 2.